The average molecular weight is 331 g/mol. The van der Waals surface area contributed by atoms with E-state index in [4.69, 9.17) is 9.26 Å². The molecule has 0 radical (unpaired) electrons. The van der Waals surface area contributed by atoms with Crippen LogP contribution in [0.5, 0.6) is 5.75 Å². The van der Waals surface area contributed by atoms with Crippen LogP contribution in [-0.4, -0.2) is 23.1 Å². The topological polar surface area (TPSA) is 64.6 Å². The smallest absolute Gasteiger partial charge is 0.329 e. The molecule has 7 heteroatoms. The number of benzene rings is 1. The predicted molar refractivity (Wildman–Crippen MR) is 87.0 cm³/mol. The molecule has 1 aromatic carbocycles. The van der Waals surface area contributed by atoms with Crippen LogP contribution in [0.2, 0.25) is 0 Å². The SMILES string of the molecule is CC(C)OC(=O)[C@@H](C)NP(=O)(Oc1ccccc1)C(C)S. The molecule has 1 N–H and O–H groups in total. The fourth-order valence-corrected chi connectivity index (χ4v) is 3.35. The second-order valence-electron chi connectivity index (χ2n) is 4.97. The van der Waals surface area contributed by atoms with Crippen molar-refractivity contribution in [3.8, 4) is 5.75 Å². The lowest BCUT2D eigenvalue weighted by Crippen LogP contribution is -2.37. The van der Waals surface area contributed by atoms with Gasteiger partial charge in [-0.3, -0.25) is 9.36 Å². The largest absolute Gasteiger partial charge is 0.462 e. The third-order valence-electron chi connectivity index (χ3n) is 2.56. The summed E-state index contributed by atoms with van der Waals surface area (Å²) in [5, 5.41) is 2.73. The van der Waals surface area contributed by atoms with E-state index in [9.17, 15) is 9.36 Å². The Bertz CT molecular complexity index is 507. The first-order valence-electron chi connectivity index (χ1n) is 6.75. The van der Waals surface area contributed by atoms with Crippen molar-refractivity contribution in [2.24, 2.45) is 0 Å². The van der Waals surface area contributed by atoms with E-state index in [0.29, 0.717) is 5.75 Å². The molecule has 0 aromatic heterocycles. The van der Waals surface area contributed by atoms with Gasteiger partial charge in [-0.15, -0.1) is 0 Å². The van der Waals surface area contributed by atoms with Crippen molar-refractivity contribution >= 4 is 26.1 Å². The quantitative estimate of drug-likeness (QED) is 0.455. The fourth-order valence-electron chi connectivity index (χ4n) is 1.51. The van der Waals surface area contributed by atoms with Gasteiger partial charge in [0, 0.05) is 0 Å². The van der Waals surface area contributed by atoms with Gasteiger partial charge in [0.2, 0.25) is 0 Å². The first-order valence-corrected chi connectivity index (χ1v) is 8.96. The molecule has 0 bridgehead atoms. The molecule has 0 spiro atoms. The number of esters is 1. The molecular weight excluding hydrogens is 309 g/mol. The van der Waals surface area contributed by atoms with Crippen LogP contribution in [0.1, 0.15) is 27.7 Å². The molecule has 1 rings (SSSR count). The van der Waals surface area contributed by atoms with Crippen LogP contribution >= 0.6 is 20.1 Å². The molecule has 21 heavy (non-hydrogen) atoms. The summed E-state index contributed by atoms with van der Waals surface area (Å²) in [5.41, 5.74) is 0. The second kappa shape index (κ2) is 7.87. The zero-order valence-corrected chi connectivity index (χ0v) is 14.4. The van der Waals surface area contributed by atoms with E-state index in [0.717, 1.165) is 0 Å². The minimum absolute atomic E-state index is 0.232. The van der Waals surface area contributed by atoms with Crippen LogP contribution in [0.25, 0.3) is 0 Å². The molecule has 0 fully saturated rings. The van der Waals surface area contributed by atoms with E-state index in [1.54, 1.807) is 52.0 Å². The summed E-state index contributed by atoms with van der Waals surface area (Å²) in [6.07, 6.45) is -0.232. The maximum atomic E-state index is 12.9. The number of hydrogen-bond acceptors (Lipinski definition) is 5. The van der Waals surface area contributed by atoms with Crippen molar-refractivity contribution in [1.29, 1.82) is 0 Å². The molecule has 0 heterocycles. The van der Waals surface area contributed by atoms with Gasteiger partial charge in [0.05, 0.1) is 6.10 Å². The van der Waals surface area contributed by atoms with Gasteiger partial charge in [-0.25, -0.2) is 5.09 Å². The Morgan fingerprint density at radius 3 is 2.24 bits per heavy atom. The molecule has 3 atom stereocenters. The predicted octanol–water partition coefficient (Wildman–Crippen LogP) is 3.46. The van der Waals surface area contributed by atoms with Gasteiger partial charge < -0.3 is 9.26 Å². The Morgan fingerprint density at radius 1 is 1.19 bits per heavy atom. The van der Waals surface area contributed by atoms with Crippen molar-refractivity contribution in [3.63, 3.8) is 0 Å². The number of rotatable bonds is 7. The van der Waals surface area contributed by atoms with E-state index in [2.05, 4.69) is 17.7 Å². The molecule has 0 amide bonds. The van der Waals surface area contributed by atoms with Crippen LogP contribution < -0.4 is 9.61 Å². The van der Waals surface area contributed by atoms with Crippen LogP contribution in [0.3, 0.4) is 0 Å². The minimum atomic E-state index is -3.35. The highest BCUT2D eigenvalue weighted by Gasteiger charge is 2.34. The van der Waals surface area contributed by atoms with Crippen LogP contribution in [0.15, 0.2) is 30.3 Å². The number of nitrogens with one attached hydrogen (secondary N) is 1. The van der Waals surface area contributed by atoms with Gasteiger partial charge in [0.25, 0.3) is 0 Å². The highest BCUT2D eigenvalue weighted by Crippen LogP contribution is 2.49. The zero-order chi connectivity index (χ0) is 16.0. The van der Waals surface area contributed by atoms with E-state index in [-0.39, 0.29) is 6.10 Å². The molecule has 1 aromatic rings. The number of carbonyl (C=O) groups excluding carboxylic acids is 1. The summed E-state index contributed by atoms with van der Waals surface area (Å²) < 4.78 is 23.5. The van der Waals surface area contributed by atoms with Gasteiger partial charge in [0.15, 0.2) is 0 Å². The van der Waals surface area contributed by atoms with Gasteiger partial charge in [-0.1, -0.05) is 18.2 Å². The van der Waals surface area contributed by atoms with Gasteiger partial charge in [-0.05, 0) is 39.8 Å². The highest BCUT2D eigenvalue weighted by molar-refractivity contribution is 7.90. The molecule has 0 aliphatic rings. The van der Waals surface area contributed by atoms with Crippen molar-refractivity contribution in [2.75, 3.05) is 0 Å². The van der Waals surface area contributed by atoms with E-state index < -0.39 is 24.5 Å². The summed E-state index contributed by atoms with van der Waals surface area (Å²) in [7, 11) is -3.35. The van der Waals surface area contributed by atoms with E-state index in [1.807, 2.05) is 6.07 Å². The number of ether oxygens (including phenoxy) is 1. The lowest BCUT2D eigenvalue weighted by atomic mass is 10.3. The minimum Gasteiger partial charge on any atom is -0.462 e. The standard InChI is InChI=1S/C14H22NO4PS/c1-10(2)18-14(16)11(3)15-20(17,12(4)21)19-13-8-6-5-7-9-13/h5-12,21H,1-4H3,(H,15,17)/t11-,12?,20?/m1/s1. The Morgan fingerprint density at radius 2 is 1.76 bits per heavy atom. The Kier molecular flexibility index (Phi) is 6.78. The lowest BCUT2D eigenvalue weighted by molar-refractivity contribution is -0.149. The van der Waals surface area contributed by atoms with Crippen molar-refractivity contribution in [2.45, 2.75) is 44.8 Å². The third-order valence-corrected chi connectivity index (χ3v) is 5.68. The monoisotopic (exact) mass is 331 g/mol. The normalized spacial score (nSPS) is 16.9. The average Bonchev–Trinajstić information content (AvgIpc) is 2.38. The first kappa shape index (κ1) is 18.1. The Hall–Kier alpha value is -0.970. The van der Waals surface area contributed by atoms with Crippen molar-refractivity contribution < 1.29 is 18.6 Å². The molecule has 2 unspecified atom stereocenters. The van der Waals surface area contributed by atoms with Crippen molar-refractivity contribution in [3.05, 3.63) is 30.3 Å². The van der Waals surface area contributed by atoms with Gasteiger partial charge in [-0.2, -0.15) is 12.6 Å². The summed E-state index contributed by atoms with van der Waals surface area (Å²) >= 11 is 4.22. The second-order valence-corrected chi connectivity index (χ2v) is 8.56. The van der Waals surface area contributed by atoms with Crippen LogP contribution in [0, 0.1) is 0 Å². The first-order chi connectivity index (χ1) is 9.74. The molecule has 0 saturated carbocycles. The summed E-state index contributed by atoms with van der Waals surface area (Å²) in [5.74, 6) is -0.0190. The maximum absolute atomic E-state index is 12.9. The molecule has 0 aliphatic heterocycles. The highest BCUT2D eigenvalue weighted by atomic mass is 32.1. The Labute approximate surface area is 131 Å². The molecule has 118 valence electrons. The van der Waals surface area contributed by atoms with Crippen LogP contribution in [-0.2, 0) is 14.1 Å². The fraction of sp³-hybridized carbons (Fsp3) is 0.500. The molecule has 0 aliphatic carbocycles. The molecular formula is C14H22NO4PS. The zero-order valence-electron chi connectivity index (χ0n) is 12.6. The van der Waals surface area contributed by atoms with E-state index >= 15 is 0 Å². The van der Waals surface area contributed by atoms with E-state index in [1.165, 1.54) is 0 Å². The number of hydrogen-bond donors (Lipinski definition) is 2. The summed E-state index contributed by atoms with van der Waals surface area (Å²) in [4.78, 5) is 11.2. The number of carbonyl (C=O) groups is 1. The van der Waals surface area contributed by atoms with Gasteiger partial charge >= 0.3 is 13.5 Å². The third kappa shape index (κ3) is 5.73. The Balaban J connectivity index is 2.81. The number of para-hydroxylation sites is 1. The number of thiol groups is 1. The molecule has 0 saturated heterocycles. The molecule has 5 nitrogen and oxygen atoms in total. The summed E-state index contributed by atoms with van der Waals surface area (Å²) in [6, 6.07) is 8.02. The van der Waals surface area contributed by atoms with Crippen molar-refractivity contribution in [1.82, 2.24) is 5.09 Å². The van der Waals surface area contributed by atoms with Crippen LogP contribution in [0.4, 0.5) is 0 Å². The maximum Gasteiger partial charge on any atom is 0.329 e. The van der Waals surface area contributed by atoms with Gasteiger partial charge in [0.1, 0.15) is 16.8 Å². The summed E-state index contributed by atoms with van der Waals surface area (Å²) in [6.45, 7) is 6.75. The lowest BCUT2D eigenvalue weighted by Gasteiger charge is -2.26.